The molecule has 1 saturated heterocycles. The van der Waals surface area contributed by atoms with E-state index in [1.807, 2.05) is 16.8 Å². The van der Waals surface area contributed by atoms with E-state index < -0.39 is 0 Å². The van der Waals surface area contributed by atoms with Gasteiger partial charge in [0.25, 0.3) is 0 Å². The third-order valence-electron chi connectivity index (χ3n) is 4.22. The van der Waals surface area contributed by atoms with Crippen molar-refractivity contribution >= 4 is 11.5 Å². The normalized spacial score (nSPS) is 27.9. The number of nitrogens with zero attached hydrogens (tertiary/aromatic N) is 5. The average Bonchev–Trinajstić information content (AvgIpc) is 3.02. The lowest BCUT2D eigenvalue weighted by Gasteiger charge is -2.18. The molecule has 1 aliphatic heterocycles. The Balaban J connectivity index is 1.73. The monoisotopic (exact) mass is 229 g/mol. The predicted octanol–water partition coefficient (Wildman–Crippen LogP) is 1.36. The summed E-state index contributed by atoms with van der Waals surface area (Å²) in [5.74, 6) is 2.75. The van der Waals surface area contributed by atoms with Gasteiger partial charge >= 0.3 is 0 Å². The maximum atomic E-state index is 4.49. The van der Waals surface area contributed by atoms with E-state index in [2.05, 4.69) is 20.1 Å². The van der Waals surface area contributed by atoms with Gasteiger partial charge in [-0.25, -0.2) is 4.98 Å². The van der Waals surface area contributed by atoms with Crippen LogP contribution < -0.4 is 4.90 Å². The summed E-state index contributed by atoms with van der Waals surface area (Å²) in [4.78, 5) is 6.88. The molecule has 2 aromatic rings. The molecule has 2 atom stereocenters. The summed E-state index contributed by atoms with van der Waals surface area (Å²) in [7, 11) is 0. The van der Waals surface area contributed by atoms with E-state index in [4.69, 9.17) is 0 Å². The molecule has 1 saturated carbocycles. The van der Waals surface area contributed by atoms with Crippen LogP contribution >= 0.6 is 0 Å². The number of fused-ring (bicyclic) bond motifs is 2. The minimum atomic E-state index is 0.875. The van der Waals surface area contributed by atoms with Gasteiger partial charge in [0, 0.05) is 25.5 Å². The van der Waals surface area contributed by atoms with Crippen LogP contribution in [0.1, 0.15) is 19.3 Å². The van der Waals surface area contributed by atoms with E-state index in [1.165, 1.54) is 19.3 Å². The third-order valence-corrected chi connectivity index (χ3v) is 4.22. The molecule has 88 valence electrons. The summed E-state index contributed by atoms with van der Waals surface area (Å²) in [5, 5.41) is 8.12. The van der Waals surface area contributed by atoms with Crippen molar-refractivity contribution in [1.29, 1.82) is 0 Å². The summed E-state index contributed by atoms with van der Waals surface area (Å²) in [6.07, 6.45) is 9.65. The Hall–Kier alpha value is -1.65. The van der Waals surface area contributed by atoms with Gasteiger partial charge in [0.05, 0.1) is 0 Å². The Morgan fingerprint density at radius 1 is 1.18 bits per heavy atom. The smallest absolute Gasteiger partial charge is 0.203 e. The average molecular weight is 229 g/mol. The molecule has 4 rings (SSSR count). The quantitative estimate of drug-likeness (QED) is 0.740. The molecule has 2 aromatic heterocycles. The fourth-order valence-corrected chi connectivity index (χ4v) is 3.38. The lowest BCUT2D eigenvalue weighted by Crippen LogP contribution is -2.22. The molecular formula is C12H15N5. The molecule has 2 unspecified atom stereocenters. The first-order valence-corrected chi connectivity index (χ1v) is 6.31. The van der Waals surface area contributed by atoms with Crippen molar-refractivity contribution in [2.45, 2.75) is 19.3 Å². The molecule has 2 fully saturated rings. The minimum absolute atomic E-state index is 0.875. The zero-order chi connectivity index (χ0) is 11.2. The highest BCUT2D eigenvalue weighted by Crippen LogP contribution is 2.39. The van der Waals surface area contributed by atoms with Crippen molar-refractivity contribution in [3.63, 3.8) is 0 Å². The Morgan fingerprint density at radius 2 is 2.00 bits per heavy atom. The van der Waals surface area contributed by atoms with Crippen molar-refractivity contribution in [3.8, 4) is 0 Å². The van der Waals surface area contributed by atoms with Crippen LogP contribution in [0.25, 0.3) is 5.65 Å². The largest absolute Gasteiger partial charge is 0.353 e. The van der Waals surface area contributed by atoms with Gasteiger partial charge in [0.1, 0.15) is 6.33 Å². The molecule has 0 radical (unpaired) electrons. The molecule has 0 aromatic carbocycles. The molecular weight excluding hydrogens is 214 g/mol. The van der Waals surface area contributed by atoms with Gasteiger partial charge in [-0.2, -0.15) is 0 Å². The molecule has 5 heteroatoms. The van der Waals surface area contributed by atoms with E-state index in [9.17, 15) is 0 Å². The second-order valence-corrected chi connectivity index (χ2v) is 5.17. The second kappa shape index (κ2) is 3.42. The SMILES string of the molecule is c1cn2cnnc2c(N2CC3CCCC3C2)n1. The number of rotatable bonds is 1. The first kappa shape index (κ1) is 9.39. The van der Waals surface area contributed by atoms with Crippen molar-refractivity contribution < 1.29 is 0 Å². The van der Waals surface area contributed by atoms with Crippen LogP contribution in [0, 0.1) is 11.8 Å². The highest BCUT2D eigenvalue weighted by atomic mass is 15.3. The number of aromatic nitrogens is 4. The summed E-state index contributed by atoms with van der Waals surface area (Å²) < 4.78 is 1.94. The topological polar surface area (TPSA) is 46.3 Å². The van der Waals surface area contributed by atoms with Crippen LogP contribution in [0.3, 0.4) is 0 Å². The van der Waals surface area contributed by atoms with Crippen LogP contribution in [0.15, 0.2) is 18.7 Å². The second-order valence-electron chi connectivity index (χ2n) is 5.17. The number of hydrogen-bond donors (Lipinski definition) is 0. The van der Waals surface area contributed by atoms with Gasteiger partial charge in [-0.1, -0.05) is 6.42 Å². The van der Waals surface area contributed by atoms with Gasteiger partial charge in [-0.15, -0.1) is 10.2 Å². The summed E-state index contributed by atoms with van der Waals surface area (Å²) >= 11 is 0. The molecule has 3 heterocycles. The van der Waals surface area contributed by atoms with Crippen molar-refractivity contribution in [1.82, 2.24) is 19.6 Å². The van der Waals surface area contributed by atoms with Gasteiger partial charge in [0.15, 0.2) is 5.82 Å². The van der Waals surface area contributed by atoms with Crippen LogP contribution in [-0.2, 0) is 0 Å². The fraction of sp³-hybridized carbons (Fsp3) is 0.583. The third kappa shape index (κ3) is 1.34. The van der Waals surface area contributed by atoms with Crippen LogP contribution in [-0.4, -0.2) is 32.7 Å². The van der Waals surface area contributed by atoms with Crippen molar-refractivity contribution in [2.75, 3.05) is 18.0 Å². The first-order chi connectivity index (χ1) is 8.42. The zero-order valence-electron chi connectivity index (χ0n) is 9.66. The molecule has 0 spiro atoms. The van der Waals surface area contributed by atoms with Gasteiger partial charge < -0.3 is 4.90 Å². The maximum absolute atomic E-state index is 4.49. The van der Waals surface area contributed by atoms with Crippen molar-refractivity contribution in [2.24, 2.45) is 11.8 Å². The maximum Gasteiger partial charge on any atom is 0.203 e. The highest BCUT2D eigenvalue weighted by Gasteiger charge is 2.37. The predicted molar refractivity (Wildman–Crippen MR) is 63.8 cm³/mol. The Kier molecular flexibility index (Phi) is 1.89. The molecule has 5 nitrogen and oxygen atoms in total. The highest BCUT2D eigenvalue weighted by molar-refractivity contribution is 5.63. The lowest BCUT2D eigenvalue weighted by molar-refractivity contribution is 0.494. The van der Waals surface area contributed by atoms with Crippen LogP contribution in [0.5, 0.6) is 0 Å². The summed E-state index contributed by atoms with van der Waals surface area (Å²) in [6.45, 7) is 2.29. The standard InChI is InChI=1S/C12H15N5/c1-2-9-6-17(7-10(9)3-1)11-12-15-14-8-16(12)5-4-13-11/h4-5,8-10H,1-3,6-7H2. The summed E-state index contributed by atoms with van der Waals surface area (Å²) in [5.41, 5.74) is 0.882. The van der Waals surface area contributed by atoms with E-state index in [-0.39, 0.29) is 0 Å². The van der Waals surface area contributed by atoms with E-state index in [1.54, 1.807) is 6.33 Å². The molecule has 0 amide bonds. The van der Waals surface area contributed by atoms with Crippen molar-refractivity contribution in [3.05, 3.63) is 18.7 Å². The van der Waals surface area contributed by atoms with E-state index in [0.29, 0.717) is 0 Å². The van der Waals surface area contributed by atoms with E-state index in [0.717, 1.165) is 36.4 Å². The van der Waals surface area contributed by atoms with Crippen LogP contribution in [0.2, 0.25) is 0 Å². The molecule has 2 aliphatic rings. The molecule has 17 heavy (non-hydrogen) atoms. The number of anilines is 1. The molecule has 0 N–H and O–H groups in total. The zero-order valence-corrected chi connectivity index (χ0v) is 9.66. The lowest BCUT2D eigenvalue weighted by atomic mass is 10.0. The Morgan fingerprint density at radius 3 is 2.82 bits per heavy atom. The Bertz CT molecular complexity index is 537. The summed E-state index contributed by atoms with van der Waals surface area (Å²) in [6, 6.07) is 0. The molecule has 0 bridgehead atoms. The van der Waals surface area contributed by atoms with E-state index >= 15 is 0 Å². The van der Waals surface area contributed by atoms with Gasteiger partial charge in [-0.05, 0) is 24.7 Å². The van der Waals surface area contributed by atoms with Gasteiger partial charge in [-0.3, -0.25) is 4.40 Å². The van der Waals surface area contributed by atoms with Crippen LogP contribution in [0.4, 0.5) is 5.82 Å². The number of hydrogen-bond acceptors (Lipinski definition) is 4. The first-order valence-electron chi connectivity index (χ1n) is 6.31. The minimum Gasteiger partial charge on any atom is -0.353 e. The van der Waals surface area contributed by atoms with Gasteiger partial charge in [0.2, 0.25) is 5.65 Å². The molecule has 1 aliphatic carbocycles. The fourth-order valence-electron chi connectivity index (χ4n) is 3.38. The Labute approximate surface area is 99.5 Å².